The van der Waals surface area contributed by atoms with Crippen LogP contribution < -0.4 is 0 Å². The van der Waals surface area contributed by atoms with Gasteiger partial charge in [0.25, 0.3) is 0 Å². The molecule has 0 fully saturated rings. The van der Waals surface area contributed by atoms with E-state index in [-0.39, 0.29) is 0 Å². The van der Waals surface area contributed by atoms with Gasteiger partial charge in [-0.05, 0) is 30.0 Å². The number of hydrogen-bond acceptors (Lipinski definition) is 3. The van der Waals surface area contributed by atoms with Gasteiger partial charge < -0.3 is 4.74 Å². The third-order valence-corrected chi connectivity index (χ3v) is 2.62. The smallest absolute Gasteiger partial charge is 0.338 e. The van der Waals surface area contributed by atoms with Crippen LogP contribution in [0.3, 0.4) is 0 Å². The van der Waals surface area contributed by atoms with Gasteiger partial charge in [-0.2, -0.15) is 0 Å². The fourth-order valence-electron chi connectivity index (χ4n) is 1.61. The van der Waals surface area contributed by atoms with E-state index < -0.39 is 5.97 Å². The van der Waals surface area contributed by atoms with Gasteiger partial charge in [-0.25, -0.2) is 4.79 Å². The zero-order valence-corrected chi connectivity index (χ0v) is 11.0. The number of carbonyl (C=O) groups is 2. The van der Waals surface area contributed by atoms with Crippen LogP contribution in [0.5, 0.6) is 0 Å². The average molecular weight is 246 g/mol. The highest BCUT2D eigenvalue weighted by Crippen LogP contribution is 2.20. The molecule has 0 atom stereocenters. The molecule has 0 aliphatic heterocycles. The van der Waals surface area contributed by atoms with E-state index in [0.29, 0.717) is 29.9 Å². The lowest BCUT2D eigenvalue weighted by Gasteiger charge is -2.09. The lowest BCUT2D eigenvalue weighted by Crippen LogP contribution is -2.07. The third kappa shape index (κ3) is 3.55. The molecule has 0 N–H and O–H groups in total. The summed E-state index contributed by atoms with van der Waals surface area (Å²) in [6, 6.07) is 7.58. The monoisotopic (exact) mass is 246 g/mol. The lowest BCUT2D eigenvalue weighted by atomic mass is 9.99. The van der Waals surface area contributed by atoms with E-state index in [9.17, 15) is 9.59 Å². The number of hydrogen-bond donors (Lipinski definition) is 0. The fourth-order valence-corrected chi connectivity index (χ4v) is 1.61. The van der Waals surface area contributed by atoms with E-state index in [1.54, 1.807) is 6.92 Å². The van der Waals surface area contributed by atoms with Crippen molar-refractivity contribution >= 4 is 17.8 Å². The van der Waals surface area contributed by atoms with E-state index in [1.165, 1.54) is 11.6 Å². The summed E-state index contributed by atoms with van der Waals surface area (Å²) in [6.07, 6.45) is 1.84. The Morgan fingerprint density at radius 1 is 1.28 bits per heavy atom. The van der Waals surface area contributed by atoms with Crippen molar-refractivity contribution in [3.8, 4) is 0 Å². The standard InChI is InChI=1S/C15H18O3/c1-4-18-15(17)14(9-10-16)13-7-5-12(6-8-13)11(2)3/h5-11H,4H2,1-3H3. The van der Waals surface area contributed by atoms with Crippen LogP contribution in [0.25, 0.3) is 5.57 Å². The second-order valence-corrected chi connectivity index (χ2v) is 4.21. The molecule has 0 aliphatic rings. The molecular weight excluding hydrogens is 228 g/mol. The Bertz CT molecular complexity index is 441. The zero-order valence-electron chi connectivity index (χ0n) is 11.0. The number of aldehydes is 1. The molecule has 1 aromatic carbocycles. The summed E-state index contributed by atoms with van der Waals surface area (Å²) >= 11 is 0. The molecule has 0 saturated heterocycles. The Kier molecular flexibility index (Phi) is 5.31. The predicted octanol–water partition coefficient (Wildman–Crippen LogP) is 2.96. The number of rotatable bonds is 5. The summed E-state index contributed by atoms with van der Waals surface area (Å²) in [5, 5.41) is 0. The van der Waals surface area contributed by atoms with Gasteiger partial charge >= 0.3 is 5.97 Å². The highest BCUT2D eigenvalue weighted by atomic mass is 16.5. The Labute approximate surface area is 107 Å². The Morgan fingerprint density at radius 2 is 1.89 bits per heavy atom. The van der Waals surface area contributed by atoms with Crippen LogP contribution in [-0.4, -0.2) is 18.9 Å². The van der Waals surface area contributed by atoms with Crippen LogP contribution in [0.4, 0.5) is 0 Å². The van der Waals surface area contributed by atoms with Crippen LogP contribution in [0.15, 0.2) is 30.3 Å². The van der Waals surface area contributed by atoms with Crippen molar-refractivity contribution in [2.45, 2.75) is 26.7 Å². The second kappa shape index (κ2) is 6.74. The molecular formula is C15H18O3. The molecule has 96 valence electrons. The van der Waals surface area contributed by atoms with Gasteiger partial charge in [0.15, 0.2) is 0 Å². The van der Waals surface area contributed by atoms with Crippen LogP contribution in [0, 0.1) is 0 Å². The maximum Gasteiger partial charge on any atom is 0.338 e. The molecule has 1 rings (SSSR count). The second-order valence-electron chi connectivity index (χ2n) is 4.21. The summed E-state index contributed by atoms with van der Waals surface area (Å²) < 4.78 is 4.92. The molecule has 1 aromatic rings. The maximum absolute atomic E-state index is 11.7. The van der Waals surface area contributed by atoms with Crippen molar-refractivity contribution in [1.29, 1.82) is 0 Å². The quantitative estimate of drug-likeness (QED) is 0.456. The van der Waals surface area contributed by atoms with Crippen molar-refractivity contribution in [3.63, 3.8) is 0 Å². The Balaban J connectivity index is 3.04. The highest BCUT2D eigenvalue weighted by Gasteiger charge is 2.13. The van der Waals surface area contributed by atoms with Crippen molar-refractivity contribution in [2.75, 3.05) is 6.61 Å². The molecule has 0 bridgehead atoms. The first-order valence-electron chi connectivity index (χ1n) is 6.03. The molecule has 18 heavy (non-hydrogen) atoms. The van der Waals surface area contributed by atoms with Crippen molar-refractivity contribution in [1.82, 2.24) is 0 Å². The number of ether oxygens (including phenoxy) is 1. The maximum atomic E-state index is 11.7. The minimum Gasteiger partial charge on any atom is -0.462 e. The molecule has 3 nitrogen and oxygen atoms in total. The number of benzene rings is 1. The fraction of sp³-hybridized carbons (Fsp3) is 0.333. The third-order valence-electron chi connectivity index (χ3n) is 2.62. The number of esters is 1. The van der Waals surface area contributed by atoms with Gasteiger partial charge in [-0.15, -0.1) is 0 Å². The van der Waals surface area contributed by atoms with Gasteiger partial charge in [-0.3, -0.25) is 4.79 Å². The minimum absolute atomic E-state index is 0.291. The number of carbonyl (C=O) groups excluding carboxylic acids is 2. The average Bonchev–Trinajstić information content (AvgIpc) is 2.36. The summed E-state index contributed by atoms with van der Waals surface area (Å²) in [5.74, 6) is -0.0398. The topological polar surface area (TPSA) is 43.4 Å². The van der Waals surface area contributed by atoms with Crippen LogP contribution >= 0.6 is 0 Å². The van der Waals surface area contributed by atoms with Crippen molar-refractivity contribution < 1.29 is 14.3 Å². The molecule has 3 heteroatoms. The molecule has 0 saturated carbocycles. The SMILES string of the molecule is CCOC(=O)C(=CC=O)c1ccc(C(C)C)cc1. The minimum atomic E-state index is -0.470. The van der Waals surface area contributed by atoms with Gasteiger partial charge in [0.1, 0.15) is 6.29 Å². The molecule has 0 heterocycles. The predicted molar refractivity (Wildman–Crippen MR) is 71.2 cm³/mol. The first-order valence-corrected chi connectivity index (χ1v) is 6.03. The van der Waals surface area contributed by atoms with E-state index in [4.69, 9.17) is 4.74 Å². The van der Waals surface area contributed by atoms with Crippen LogP contribution in [0.1, 0.15) is 37.8 Å². The molecule has 0 unspecified atom stereocenters. The Hall–Kier alpha value is -1.90. The summed E-state index contributed by atoms with van der Waals surface area (Å²) in [6.45, 7) is 6.22. The molecule has 0 radical (unpaired) electrons. The summed E-state index contributed by atoms with van der Waals surface area (Å²) in [4.78, 5) is 22.3. The molecule has 0 amide bonds. The van der Waals surface area contributed by atoms with E-state index in [0.717, 1.165) is 0 Å². The Morgan fingerprint density at radius 3 is 2.33 bits per heavy atom. The van der Waals surface area contributed by atoms with Crippen LogP contribution in [-0.2, 0) is 14.3 Å². The van der Waals surface area contributed by atoms with Crippen LogP contribution in [0.2, 0.25) is 0 Å². The first kappa shape index (κ1) is 14.2. The molecule has 0 spiro atoms. The summed E-state index contributed by atoms with van der Waals surface area (Å²) in [5.41, 5.74) is 2.18. The lowest BCUT2D eigenvalue weighted by molar-refractivity contribution is -0.136. The molecule has 0 aliphatic carbocycles. The van der Waals surface area contributed by atoms with Crippen molar-refractivity contribution in [3.05, 3.63) is 41.5 Å². The van der Waals surface area contributed by atoms with Gasteiger partial charge in [0, 0.05) is 0 Å². The highest BCUT2D eigenvalue weighted by molar-refractivity contribution is 6.19. The normalized spacial score (nSPS) is 11.4. The van der Waals surface area contributed by atoms with Gasteiger partial charge in [-0.1, -0.05) is 38.1 Å². The van der Waals surface area contributed by atoms with Gasteiger partial charge in [0.05, 0.1) is 12.2 Å². The van der Waals surface area contributed by atoms with E-state index >= 15 is 0 Å². The van der Waals surface area contributed by atoms with E-state index in [2.05, 4.69) is 13.8 Å². The number of allylic oxidation sites excluding steroid dienone is 1. The summed E-state index contributed by atoms with van der Waals surface area (Å²) in [7, 11) is 0. The largest absolute Gasteiger partial charge is 0.462 e. The molecule has 0 aromatic heterocycles. The van der Waals surface area contributed by atoms with Gasteiger partial charge in [0.2, 0.25) is 0 Å². The zero-order chi connectivity index (χ0) is 13.5. The van der Waals surface area contributed by atoms with E-state index in [1.807, 2.05) is 24.3 Å². The first-order chi connectivity index (χ1) is 8.60. The van der Waals surface area contributed by atoms with Crippen molar-refractivity contribution in [2.24, 2.45) is 0 Å².